The molecule has 0 spiro atoms. The van der Waals surface area contributed by atoms with Crippen LogP contribution in [0.4, 0.5) is 0 Å². The zero-order chi connectivity index (χ0) is 12.3. The summed E-state index contributed by atoms with van der Waals surface area (Å²) in [4.78, 5) is 11.5. The smallest absolute Gasteiger partial charge is 0.314 e. The van der Waals surface area contributed by atoms with Crippen LogP contribution < -0.4 is 11.0 Å². The molecular weight excluding hydrogens is 236 g/mol. The Hall–Kier alpha value is -0.750. The van der Waals surface area contributed by atoms with Crippen molar-refractivity contribution in [3.63, 3.8) is 0 Å². The molecule has 1 aliphatic rings. The van der Waals surface area contributed by atoms with E-state index >= 15 is 0 Å². The highest BCUT2D eigenvalue weighted by Crippen LogP contribution is 2.19. The second kappa shape index (κ2) is 5.73. The molecule has 1 aliphatic carbocycles. The van der Waals surface area contributed by atoms with Crippen molar-refractivity contribution in [2.24, 2.45) is 0 Å². The van der Waals surface area contributed by atoms with Crippen LogP contribution in [0.15, 0.2) is 9.95 Å². The van der Waals surface area contributed by atoms with E-state index in [2.05, 4.69) is 15.5 Å². The van der Waals surface area contributed by atoms with E-state index in [4.69, 9.17) is 0 Å². The largest absolute Gasteiger partial charge is 0.344 e. The fraction of sp³-hybridized carbons (Fsp3) is 0.818. The van der Waals surface area contributed by atoms with Gasteiger partial charge in [-0.15, -0.1) is 5.10 Å². The van der Waals surface area contributed by atoms with E-state index in [0.717, 1.165) is 29.9 Å². The number of nitrogens with one attached hydrogen (secondary N) is 2. The lowest BCUT2D eigenvalue weighted by molar-refractivity contribution is 0.534. The number of thioether (sulfide) groups is 1. The maximum atomic E-state index is 11.5. The molecule has 2 rings (SSSR count). The van der Waals surface area contributed by atoms with E-state index in [9.17, 15) is 4.79 Å². The highest BCUT2D eigenvalue weighted by molar-refractivity contribution is 7.99. The Morgan fingerprint density at radius 3 is 3.00 bits per heavy atom. The quantitative estimate of drug-likeness (QED) is 0.571. The first-order valence-corrected chi connectivity index (χ1v) is 7.20. The van der Waals surface area contributed by atoms with Crippen molar-refractivity contribution in [3.05, 3.63) is 10.5 Å². The lowest BCUT2D eigenvalue weighted by atomic mass is 10.4. The first kappa shape index (κ1) is 12.7. The molecular formula is C11H20N4OS. The molecule has 1 saturated carbocycles. The second-order valence-electron chi connectivity index (χ2n) is 4.71. The molecule has 0 unspecified atom stereocenters. The number of H-pyrrole nitrogens is 1. The lowest BCUT2D eigenvalue weighted by Gasteiger charge is -2.08. The molecule has 1 heterocycles. The van der Waals surface area contributed by atoms with Gasteiger partial charge in [0.1, 0.15) is 0 Å². The molecule has 0 atom stereocenters. The van der Waals surface area contributed by atoms with Gasteiger partial charge in [0.05, 0.1) is 0 Å². The zero-order valence-electron chi connectivity index (χ0n) is 10.4. The van der Waals surface area contributed by atoms with Crippen LogP contribution in [-0.2, 0) is 0 Å². The van der Waals surface area contributed by atoms with Crippen LogP contribution in [0.5, 0.6) is 0 Å². The van der Waals surface area contributed by atoms with E-state index in [-0.39, 0.29) is 11.7 Å². The summed E-state index contributed by atoms with van der Waals surface area (Å²) in [5.74, 6) is 0.997. The van der Waals surface area contributed by atoms with Gasteiger partial charge in [0.15, 0.2) is 5.16 Å². The maximum absolute atomic E-state index is 11.5. The molecule has 0 aliphatic heterocycles. The summed E-state index contributed by atoms with van der Waals surface area (Å²) in [6.45, 7) is 5.05. The molecule has 1 aromatic rings. The predicted molar refractivity (Wildman–Crippen MR) is 69.6 cm³/mol. The molecule has 0 amide bonds. The Labute approximate surface area is 105 Å². The topological polar surface area (TPSA) is 62.7 Å². The molecule has 0 saturated heterocycles. The van der Waals surface area contributed by atoms with E-state index in [1.54, 1.807) is 16.3 Å². The maximum Gasteiger partial charge on any atom is 0.344 e. The second-order valence-corrected chi connectivity index (χ2v) is 5.77. The fourth-order valence-corrected chi connectivity index (χ4v) is 2.69. The molecule has 0 bridgehead atoms. The average molecular weight is 256 g/mol. The third-order valence-corrected chi connectivity index (χ3v) is 3.79. The Morgan fingerprint density at radius 1 is 1.59 bits per heavy atom. The van der Waals surface area contributed by atoms with Crippen molar-refractivity contribution in [1.29, 1.82) is 0 Å². The van der Waals surface area contributed by atoms with Gasteiger partial charge >= 0.3 is 5.69 Å². The minimum Gasteiger partial charge on any atom is -0.314 e. The number of hydrogen-bond donors (Lipinski definition) is 2. The minimum atomic E-state index is -0.112. The molecule has 17 heavy (non-hydrogen) atoms. The molecule has 0 radical (unpaired) electrons. The predicted octanol–water partition coefficient (Wildman–Crippen LogP) is 1.39. The van der Waals surface area contributed by atoms with Crippen LogP contribution in [0.25, 0.3) is 0 Å². The van der Waals surface area contributed by atoms with Crippen molar-refractivity contribution < 1.29 is 0 Å². The molecule has 96 valence electrons. The number of aromatic nitrogens is 3. The summed E-state index contributed by atoms with van der Waals surface area (Å²) in [6.07, 6.45) is 3.78. The van der Waals surface area contributed by atoms with Gasteiger partial charge in [-0.05, 0) is 39.7 Å². The molecule has 0 aromatic carbocycles. The Bertz CT molecular complexity index is 408. The monoisotopic (exact) mass is 256 g/mol. The summed E-state index contributed by atoms with van der Waals surface area (Å²) in [6, 6.07) is 0.938. The minimum absolute atomic E-state index is 0.112. The number of rotatable bonds is 7. The van der Waals surface area contributed by atoms with Crippen molar-refractivity contribution >= 4 is 11.8 Å². The standard InChI is InChI=1S/C11H20N4OS/c1-8(2)15-10(16)13-14-11(15)17-7-3-6-12-9-4-5-9/h8-9,12H,3-7H2,1-2H3,(H,13,16). The molecule has 5 nitrogen and oxygen atoms in total. The first-order valence-electron chi connectivity index (χ1n) is 6.21. The van der Waals surface area contributed by atoms with Gasteiger partial charge in [-0.25, -0.2) is 9.89 Å². The number of nitrogens with zero attached hydrogens (tertiary/aromatic N) is 2. The van der Waals surface area contributed by atoms with Gasteiger partial charge < -0.3 is 5.32 Å². The SMILES string of the molecule is CC(C)n1c(SCCCNC2CC2)n[nH]c1=O. The van der Waals surface area contributed by atoms with Gasteiger partial charge in [0, 0.05) is 17.8 Å². The van der Waals surface area contributed by atoms with E-state index < -0.39 is 0 Å². The van der Waals surface area contributed by atoms with Crippen LogP contribution in [0, 0.1) is 0 Å². The summed E-state index contributed by atoms with van der Waals surface area (Å²) in [5, 5.41) is 10.8. The average Bonchev–Trinajstić information content (AvgIpc) is 3.01. The van der Waals surface area contributed by atoms with Crippen molar-refractivity contribution in [2.75, 3.05) is 12.3 Å². The summed E-state index contributed by atoms with van der Waals surface area (Å²) < 4.78 is 1.71. The van der Waals surface area contributed by atoms with E-state index in [1.165, 1.54) is 12.8 Å². The van der Waals surface area contributed by atoms with Crippen LogP contribution in [0.3, 0.4) is 0 Å². The molecule has 1 aromatic heterocycles. The van der Waals surface area contributed by atoms with Crippen LogP contribution >= 0.6 is 11.8 Å². The van der Waals surface area contributed by atoms with E-state index in [1.807, 2.05) is 13.8 Å². The summed E-state index contributed by atoms with van der Waals surface area (Å²) in [5.41, 5.74) is -0.112. The Kier molecular flexibility index (Phi) is 4.28. The van der Waals surface area contributed by atoms with Gasteiger partial charge in [-0.1, -0.05) is 11.8 Å². The highest BCUT2D eigenvalue weighted by atomic mass is 32.2. The zero-order valence-corrected chi connectivity index (χ0v) is 11.2. The number of aromatic amines is 1. The van der Waals surface area contributed by atoms with Crippen LogP contribution in [0.1, 0.15) is 39.2 Å². The van der Waals surface area contributed by atoms with Gasteiger partial charge in [0.25, 0.3) is 0 Å². The van der Waals surface area contributed by atoms with Crippen LogP contribution in [-0.4, -0.2) is 33.1 Å². The number of hydrogen-bond acceptors (Lipinski definition) is 4. The van der Waals surface area contributed by atoms with Gasteiger partial charge in [0.2, 0.25) is 0 Å². The third kappa shape index (κ3) is 3.61. The molecule has 6 heteroatoms. The van der Waals surface area contributed by atoms with Crippen molar-refractivity contribution in [2.45, 2.75) is 50.4 Å². The Morgan fingerprint density at radius 2 is 2.35 bits per heavy atom. The summed E-state index contributed by atoms with van der Waals surface area (Å²) >= 11 is 1.65. The van der Waals surface area contributed by atoms with Crippen molar-refractivity contribution in [3.8, 4) is 0 Å². The van der Waals surface area contributed by atoms with Gasteiger partial charge in [-0.3, -0.25) is 4.57 Å². The fourth-order valence-electron chi connectivity index (χ4n) is 1.68. The van der Waals surface area contributed by atoms with Crippen LogP contribution in [0.2, 0.25) is 0 Å². The normalized spacial score (nSPS) is 15.7. The highest BCUT2D eigenvalue weighted by Gasteiger charge is 2.19. The third-order valence-electron chi connectivity index (χ3n) is 2.75. The lowest BCUT2D eigenvalue weighted by Crippen LogP contribution is -2.20. The molecule has 2 N–H and O–H groups in total. The molecule has 1 fully saturated rings. The Balaban J connectivity index is 1.75. The summed E-state index contributed by atoms with van der Waals surface area (Å²) in [7, 11) is 0. The van der Waals surface area contributed by atoms with E-state index in [0.29, 0.717) is 0 Å². The van der Waals surface area contributed by atoms with Gasteiger partial charge in [-0.2, -0.15) is 0 Å². The first-order chi connectivity index (χ1) is 8.18. The van der Waals surface area contributed by atoms with Crippen molar-refractivity contribution in [1.82, 2.24) is 20.1 Å².